The van der Waals surface area contributed by atoms with Gasteiger partial charge in [-0.05, 0) is 12.8 Å². The molecule has 0 aliphatic carbocycles. The molecule has 0 N–H and O–H groups in total. The van der Waals surface area contributed by atoms with Crippen molar-refractivity contribution in [2.75, 3.05) is 14.2 Å². The van der Waals surface area contributed by atoms with Crippen LogP contribution in [0.3, 0.4) is 0 Å². The molecule has 0 aromatic carbocycles. The van der Waals surface area contributed by atoms with Crippen LogP contribution in [0.5, 0.6) is 0 Å². The highest BCUT2D eigenvalue weighted by Crippen LogP contribution is 2.11. The van der Waals surface area contributed by atoms with E-state index in [1.807, 2.05) is 6.92 Å². The molecule has 0 aromatic heterocycles. The fourth-order valence-electron chi connectivity index (χ4n) is 0.936. The van der Waals surface area contributed by atoms with Gasteiger partial charge in [0.15, 0.2) is 0 Å². The minimum atomic E-state index is -0.181. The minimum Gasteiger partial charge on any atom is -0.240 e. The van der Waals surface area contributed by atoms with E-state index in [0.29, 0.717) is 6.42 Å². The maximum Gasteiger partial charge on any atom is 0.122 e. The predicted octanol–water partition coefficient (Wildman–Crippen LogP) is 1.51. The van der Waals surface area contributed by atoms with Crippen molar-refractivity contribution in [3.8, 4) is 0 Å². The zero-order chi connectivity index (χ0) is 9.40. The highest BCUT2D eigenvalue weighted by atomic mass is 17.2. The third-order valence-corrected chi connectivity index (χ3v) is 1.54. The van der Waals surface area contributed by atoms with Gasteiger partial charge in [0.25, 0.3) is 0 Å². The quantitative estimate of drug-likeness (QED) is 0.436. The minimum absolute atomic E-state index is 0.132. The van der Waals surface area contributed by atoms with E-state index in [0.717, 1.165) is 6.42 Å². The fraction of sp³-hybridized carbons (Fsp3) is 0.875. The molecule has 0 fully saturated rings. The third kappa shape index (κ3) is 4.01. The summed E-state index contributed by atoms with van der Waals surface area (Å²) in [6.07, 6.45) is 1.06. The van der Waals surface area contributed by atoms with E-state index >= 15 is 0 Å². The Morgan fingerprint density at radius 1 is 1.08 bits per heavy atom. The number of hydrogen-bond acceptors (Lipinski definition) is 4. The van der Waals surface area contributed by atoms with Crippen LogP contribution in [-0.4, -0.2) is 26.4 Å². The lowest BCUT2D eigenvalue weighted by Gasteiger charge is -2.21. The molecule has 0 saturated heterocycles. The Labute approximate surface area is 73.6 Å². The topological polar surface area (TPSA) is 36.9 Å². The van der Waals surface area contributed by atoms with Crippen LogP contribution in [-0.2, 0) is 19.6 Å². The maximum atomic E-state index is 4.95. The summed E-state index contributed by atoms with van der Waals surface area (Å²) in [6.45, 7) is 5.69. The van der Waals surface area contributed by atoms with Gasteiger partial charge < -0.3 is 0 Å². The normalized spacial score (nSPS) is 16.0. The highest BCUT2D eigenvalue weighted by Gasteiger charge is 2.21. The summed E-state index contributed by atoms with van der Waals surface area (Å²) in [5.74, 6) is 0. The molecule has 0 bridgehead atoms. The first-order valence-electron chi connectivity index (χ1n) is 3.98. The molecule has 0 heterocycles. The Morgan fingerprint density at radius 3 is 1.92 bits per heavy atom. The third-order valence-electron chi connectivity index (χ3n) is 1.54. The first kappa shape index (κ1) is 11.8. The predicted molar refractivity (Wildman–Crippen MR) is 44.0 cm³/mol. The second kappa shape index (κ2) is 7.49. The Balaban J connectivity index is 3.84. The van der Waals surface area contributed by atoms with Crippen molar-refractivity contribution in [2.45, 2.75) is 32.0 Å². The van der Waals surface area contributed by atoms with Crippen molar-refractivity contribution in [1.29, 1.82) is 0 Å². The molecule has 0 spiro atoms. The molecule has 0 aliphatic rings. The van der Waals surface area contributed by atoms with Crippen LogP contribution in [0.1, 0.15) is 19.8 Å². The van der Waals surface area contributed by atoms with Crippen LogP contribution in [0.2, 0.25) is 0 Å². The molecule has 0 saturated carbocycles. The van der Waals surface area contributed by atoms with E-state index in [2.05, 4.69) is 16.7 Å². The summed E-state index contributed by atoms with van der Waals surface area (Å²) in [5.41, 5.74) is 0. The van der Waals surface area contributed by atoms with Crippen molar-refractivity contribution >= 4 is 0 Å². The molecule has 0 aromatic rings. The van der Waals surface area contributed by atoms with Gasteiger partial charge in [-0.2, -0.15) is 0 Å². The van der Waals surface area contributed by atoms with Crippen LogP contribution in [0, 0.1) is 6.92 Å². The van der Waals surface area contributed by atoms with E-state index in [1.165, 1.54) is 14.2 Å². The van der Waals surface area contributed by atoms with Crippen molar-refractivity contribution in [2.24, 2.45) is 0 Å². The van der Waals surface area contributed by atoms with Gasteiger partial charge in [-0.3, -0.25) is 0 Å². The molecule has 2 unspecified atom stereocenters. The molecular formula is C8H17O4. The van der Waals surface area contributed by atoms with Crippen LogP contribution >= 0.6 is 0 Å². The second-order valence-corrected chi connectivity index (χ2v) is 2.30. The molecule has 0 rings (SSSR count). The smallest absolute Gasteiger partial charge is 0.122 e. The van der Waals surface area contributed by atoms with E-state index < -0.39 is 0 Å². The van der Waals surface area contributed by atoms with Crippen LogP contribution in [0.15, 0.2) is 0 Å². The van der Waals surface area contributed by atoms with Gasteiger partial charge in [0.1, 0.15) is 12.2 Å². The lowest BCUT2D eigenvalue weighted by Crippen LogP contribution is -2.30. The molecule has 73 valence electrons. The molecular weight excluding hydrogens is 160 g/mol. The van der Waals surface area contributed by atoms with Crippen molar-refractivity contribution in [3.05, 3.63) is 6.92 Å². The molecule has 1 radical (unpaired) electrons. The van der Waals surface area contributed by atoms with Gasteiger partial charge in [-0.15, -0.1) is 0 Å². The lowest BCUT2D eigenvalue weighted by atomic mass is 10.1. The molecule has 12 heavy (non-hydrogen) atoms. The SMILES string of the molecule is [CH2]CC(OOC)C(CC)OOC. The molecule has 4 nitrogen and oxygen atoms in total. The first-order valence-corrected chi connectivity index (χ1v) is 3.98. The van der Waals surface area contributed by atoms with Crippen LogP contribution in [0.25, 0.3) is 0 Å². The molecule has 0 aliphatic heterocycles. The molecule has 0 amide bonds. The summed E-state index contributed by atoms with van der Waals surface area (Å²) in [7, 11) is 2.93. The van der Waals surface area contributed by atoms with E-state index in [1.54, 1.807) is 0 Å². The average Bonchev–Trinajstić information content (AvgIpc) is 2.11. The summed E-state index contributed by atoms with van der Waals surface area (Å²) in [6, 6.07) is 0. The second-order valence-electron chi connectivity index (χ2n) is 2.30. The van der Waals surface area contributed by atoms with Gasteiger partial charge in [0, 0.05) is 0 Å². The monoisotopic (exact) mass is 177 g/mol. The summed E-state index contributed by atoms with van der Waals surface area (Å²) >= 11 is 0. The zero-order valence-electron chi connectivity index (χ0n) is 7.91. The van der Waals surface area contributed by atoms with Gasteiger partial charge in [0.05, 0.1) is 14.2 Å². The Hall–Kier alpha value is -0.160. The standard InChI is InChI=1S/C8H17O4/c1-5-7(11-9-3)8(6-2)12-10-4/h7-8H,1,5-6H2,2-4H3. The molecule has 2 atom stereocenters. The maximum absolute atomic E-state index is 4.95. The highest BCUT2D eigenvalue weighted by molar-refractivity contribution is 4.68. The van der Waals surface area contributed by atoms with Gasteiger partial charge in [-0.25, -0.2) is 19.6 Å². The van der Waals surface area contributed by atoms with Crippen molar-refractivity contribution < 1.29 is 19.6 Å². The summed E-state index contributed by atoms with van der Waals surface area (Å²) in [5, 5.41) is 0. The average molecular weight is 177 g/mol. The van der Waals surface area contributed by atoms with E-state index in [9.17, 15) is 0 Å². The van der Waals surface area contributed by atoms with Crippen LogP contribution < -0.4 is 0 Å². The van der Waals surface area contributed by atoms with E-state index in [4.69, 9.17) is 9.78 Å². The van der Waals surface area contributed by atoms with Gasteiger partial charge in [-0.1, -0.05) is 13.8 Å². The Bertz CT molecular complexity index is 85.1. The van der Waals surface area contributed by atoms with Crippen molar-refractivity contribution in [3.63, 3.8) is 0 Å². The van der Waals surface area contributed by atoms with Gasteiger partial charge >= 0.3 is 0 Å². The largest absolute Gasteiger partial charge is 0.240 e. The zero-order valence-corrected chi connectivity index (χ0v) is 7.91. The lowest BCUT2D eigenvalue weighted by molar-refractivity contribution is -0.374. The number of rotatable bonds is 7. The fourth-order valence-corrected chi connectivity index (χ4v) is 0.936. The first-order chi connectivity index (χ1) is 5.79. The van der Waals surface area contributed by atoms with Gasteiger partial charge in [0.2, 0.25) is 0 Å². The Kier molecular flexibility index (Phi) is 7.39. The van der Waals surface area contributed by atoms with Crippen molar-refractivity contribution in [1.82, 2.24) is 0 Å². The number of hydrogen-bond donors (Lipinski definition) is 0. The summed E-state index contributed by atoms with van der Waals surface area (Å²) in [4.78, 5) is 19.0. The van der Waals surface area contributed by atoms with E-state index in [-0.39, 0.29) is 12.2 Å². The van der Waals surface area contributed by atoms with Crippen LogP contribution in [0.4, 0.5) is 0 Å². The molecule has 4 heteroatoms. The summed E-state index contributed by atoms with van der Waals surface area (Å²) < 4.78 is 0. The Morgan fingerprint density at radius 2 is 1.58 bits per heavy atom.